The lowest BCUT2D eigenvalue weighted by molar-refractivity contribution is -0.121. The van der Waals surface area contributed by atoms with Gasteiger partial charge in [-0.3, -0.25) is 9.59 Å². The number of nitrogens with one attached hydrogen (secondary N) is 1. The van der Waals surface area contributed by atoms with Gasteiger partial charge in [-0.05, 0) is 42.0 Å². The van der Waals surface area contributed by atoms with Crippen LogP contribution in [0.3, 0.4) is 0 Å². The highest BCUT2D eigenvalue weighted by molar-refractivity contribution is 6.07. The van der Waals surface area contributed by atoms with Gasteiger partial charge < -0.3 is 9.32 Å². The lowest BCUT2D eigenvalue weighted by Gasteiger charge is -2.22. The Labute approximate surface area is 258 Å². The van der Waals surface area contributed by atoms with E-state index in [0.717, 1.165) is 51.3 Å². The van der Waals surface area contributed by atoms with Crippen LogP contribution in [0.4, 0.5) is 0 Å². The van der Waals surface area contributed by atoms with Crippen LogP contribution in [0.5, 0.6) is 0 Å². The van der Waals surface area contributed by atoms with E-state index in [9.17, 15) is 9.59 Å². The standard InChI is InChI=1S/C38H35N3O3/c1-27-34-32(39-40-37(42)35(30-19-10-4-11-20-30)31-21-12-5-13-22-31)23-14-24-33(34)44-36(27)38(43)41(25-28-15-6-2-7-16-28)26-29-17-8-3-9-18-29/h2-13,15-22,35H,14,23-26H2,1H3,(H,40,42)/b39-32+. The summed E-state index contributed by atoms with van der Waals surface area (Å²) in [4.78, 5) is 29.5. The first-order valence-corrected chi connectivity index (χ1v) is 15.0. The molecular formula is C38H35N3O3. The van der Waals surface area contributed by atoms with E-state index in [1.807, 2.05) is 133 Å². The fourth-order valence-corrected chi connectivity index (χ4v) is 5.91. The number of furan rings is 1. The zero-order valence-corrected chi connectivity index (χ0v) is 24.8. The minimum Gasteiger partial charge on any atom is -0.455 e. The number of hydrogen-bond donors (Lipinski definition) is 1. The van der Waals surface area contributed by atoms with Gasteiger partial charge in [-0.2, -0.15) is 5.10 Å². The van der Waals surface area contributed by atoms with Crippen molar-refractivity contribution in [2.45, 2.75) is 45.2 Å². The van der Waals surface area contributed by atoms with Crippen molar-refractivity contribution in [3.05, 3.63) is 166 Å². The summed E-state index contributed by atoms with van der Waals surface area (Å²) < 4.78 is 6.29. The van der Waals surface area contributed by atoms with Crippen LogP contribution in [-0.2, 0) is 24.3 Å². The summed E-state index contributed by atoms with van der Waals surface area (Å²) in [6.45, 7) is 2.83. The van der Waals surface area contributed by atoms with Crippen LogP contribution in [0.15, 0.2) is 131 Å². The molecule has 1 aliphatic rings. The average molecular weight is 582 g/mol. The van der Waals surface area contributed by atoms with E-state index in [4.69, 9.17) is 4.42 Å². The fraction of sp³-hybridized carbons (Fsp3) is 0.184. The summed E-state index contributed by atoms with van der Waals surface area (Å²) in [6.07, 6.45) is 2.21. The third kappa shape index (κ3) is 6.40. The van der Waals surface area contributed by atoms with Crippen molar-refractivity contribution in [2.75, 3.05) is 0 Å². The van der Waals surface area contributed by atoms with Crippen molar-refractivity contribution in [2.24, 2.45) is 5.10 Å². The maximum Gasteiger partial charge on any atom is 0.290 e. The minimum atomic E-state index is -0.503. The van der Waals surface area contributed by atoms with Gasteiger partial charge in [0.1, 0.15) is 5.76 Å². The molecule has 0 unspecified atom stereocenters. The summed E-state index contributed by atoms with van der Waals surface area (Å²) in [5.74, 6) is 0.191. The Balaban J connectivity index is 1.28. The van der Waals surface area contributed by atoms with Crippen LogP contribution in [-0.4, -0.2) is 22.4 Å². The van der Waals surface area contributed by atoms with Crippen LogP contribution >= 0.6 is 0 Å². The molecule has 0 bridgehead atoms. The second kappa shape index (κ2) is 13.4. The quantitative estimate of drug-likeness (QED) is 0.184. The summed E-state index contributed by atoms with van der Waals surface area (Å²) >= 11 is 0. The molecule has 1 aromatic heterocycles. The van der Waals surface area contributed by atoms with E-state index in [0.29, 0.717) is 31.7 Å². The zero-order chi connectivity index (χ0) is 30.3. The first kappa shape index (κ1) is 28.9. The molecule has 4 aromatic carbocycles. The Hall–Kier alpha value is -5.23. The molecule has 6 rings (SSSR count). The largest absolute Gasteiger partial charge is 0.455 e. The van der Waals surface area contributed by atoms with E-state index in [1.54, 1.807) is 0 Å². The first-order chi connectivity index (χ1) is 21.6. The third-order valence-electron chi connectivity index (χ3n) is 8.07. The monoisotopic (exact) mass is 581 g/mol. The number of benzene rings is 4. The van der Waals surface area contributed by atoms with Gasteiger partial charge in [-0.15, -0.1) is 0 Å². The van der Waals surface area contributed by atoms with Gasteiger partial charge in [-0.1, -0.05) is 121 Å². The van der Waals surface area contributed by atoms with Crippen molar-refractivity contribution in [3.63, 3.8) is 0 Å². The molecule has 0 saturated carbocycles. The van der Waals surface area contributed by atoms with E-state index in [-0.39, 0.29) is 11.8 Å². The maximum atomic E-state index is 14.1. The number of fused-ring (bicyclic) bond motifs is 1. The number of hydrazone groups is 1. The molecule has 5 aromatic rings. The highest BCUT2D eigenvalue weighted by Crippen LogP contribution is 2.32. The van der Waals surface area contributed by atoms with Crippen molar-refractivity contribution in [1.29, 1.82) is 0 Å². The van der Waals surface area contributed by atoms with Gasteiger partial charge in [-0.25, -0.2) is 5.43 Å². The first-order valence-electron chi connectivity index (χ1n) is 15.0. The van der Waals surface area contributed by atoms with Crippen LogP contribution in [0.1, 0.15) is 68.5 Å². The maximum absolute atomic E-state index is 14.1. The number of nitrogens with zero attached hydrogens (tertiary/aromatic N) is 2. The summed E-state index contributed by atoms with van der Waals surface area (Å²) in [6, 6.07) is 39.4. The fourth-order valence-electron chi connectivity index (χ4n) is 5.91. The molecular weight excluding hydrogens is 546 g/mol. The lowest BCUT2D eigenvalue weighted by atomic mass is 9.90. The van der Waals surface area contributed by atoms with Gasteiger partial charge in [0.2, 0.25) is 0 Å². The Morgan fingerprint density at radius 1 is 0.750 bits per heavy atom. The highest BCUT2D eigenvalue weighted by atomic mass is 16.4. The van der Waals surface area contributed by atoms with Gasteiger partial charge in [0.05, 0.1) is 11.6 Å². The Kier molecular flexibility index (Phi) is 8.78. The topological polar surface area (TPSA) is 74.9 Å². The second-order valence-corrected chi connectivity index (χ2v) is 11.1. The number of amides is 2. The Bertz CT molecular complexity index is 1670. The number of rotatable bonds is 9. The molecule has 0 radical (unpaired) electrons. The van der Waals surface area contributed by atoms with Gasteiger partial charge in [0, 0.05) is 30.6 Å². The van der Waals surface area contributed by atoms with Crippen molar-refractivity contribution < 1.29 is 14.0 Å². The molecule has 6 nitrogen and oxygen atoms in total. The molecule has 44 heavy (non-hydrogen) atoms. The van der Waals surface area contributed by atoms with Gasteiger partial charge in [0.15, 0.2) is 5.76 Å². The van der Waals surface area contributed by atoms with Crippen molar-refractivity contribution in [1.82, 2.24) is 10.3 Å². The van der Waals surface area contributed by atoms with Crippen LogP contribution < -0.4 is 5.43 Å². The number of hydrogen-bond acceptors (Lipinski definition) is 4. The van der Waals surface area contributed by atoms with E-state index < -0.39 is 5.92 Å². The zero-order valence-electron chi connectivity index (χ0n) is 24.8. The molecule has 1 N–H and O–H groups in total. The number of carbonyl (C=O) groups excluding carboxylic acids is 2. The molecule has 0 aliphatic heterocycles. The van der Waals surface area contributed by atoms with E-state index in [1.165, 1.54) is 0 Å². The molecule has 0 fully saturated rings. The van der Waals surface area contributed by atoms with Crippen LogP contribution in [0.2, 0.25) is 0 Å². The van der Waals surface area contributed by atoms with Crippen LogP contribution in [0, 0.1) is 6.92 Å². The molecule has 1 heterocycles. The molecule has 0 saturated heterocycles. The molecule has 220 valence electrons. The SMILES string of the molecule is Cc1c(C(=O)N(Cc2ccccc2)Cc2ccccc2)oc2c1/C(=N/NC(=O)C(c1ccccc1)c1ccccc1)CCC2. The smallest absolute Gasteiger partial charge is 0.290 e. The predicted molar refractivity (Wildman–Crippen MR) is 172 cm³/mol. The third-order valence-corrected chi connectivity index (χ3v) is 8.07. The molecule has 0 atom stereocenters. The minimum absolute atomic E-state index is 0.166. The van der Waals surface area contributed by atoms with Crippen LogP contribution in [0.25, 0.3) is 0 Å². The molecule has 2 amide bonds. The molecule has 6 heteroatoms. The number of carbonyl (C=O) groups is 2. The predicted octanol–water partition coefficient (Wildman–Crippen LogP) is 7.42. The molecule has 0 spiro atoms. The van der Waals surface area contributed by atoms with Gasteiger partial charge in [0.25, 0.3) is 11.8 Å². The van der Waals surface area contributed by atoms with Gasteiger partial charge >= 0.3 is 0 Å². The summed E-state index contributed by atoms with van der Waals surface area (Å²) in [7, 11) is 0. The molecule has 1 aliphatic carbocycles. The Morgan fingerprint density at radius 2 is 1.25 bits per heavy atom. The average Bonchev–Trinajstić information content (AvgIpc) is 3.42. The highest BCUT2D eigenvalue weighted by Gasteiger charge is 2.31. The van der Waals surface area contributed by atoms with E-state index in [2.05, 4.69) is 10.5 Å². The Morgan fingerprint density at radius 3 is 1.77 bits per heavy atom. The van der Waals surface area contributed by atoms with Crippen molar-refractivity contribution in [3.8, 4) is 0 Å². The lowest BCUT2D eigenvalue weighted by Crippen LogP contribution is -2.30. The second-order valence-electron chi connectivity index (χ2n) is 11.1. The van der Waals surface area contributed by atoms with E-state index >= 15 is 0 Å². The summed E-state index contributed by atoms with van der Waals surface area (Å²) in [5.41, 5.74) is 9.05. The number of aryl methyl sites for hydroxylation is 1. The summed E-state index contributed by atoms with van der Waals surface area (Å²) in [5, 5.41) is 4.64. The normalized spacial score (nSPS) is 13.5. The van der Waals surface area contributed by atoms with Crippen molar-refractivity contribution >= 4 is 17.5 Å².